The van der Waals surface area contributed by atoms with E-state index in [0.29, 0.717) is 10.8 Å². The number of nitrogens with one attached hydrogen (secondary N) is 1. The van der Waals surface area contributed by atoms with Crippen molar-refractivity contribution in [2.45, 2.75) is 16.8 Å². The van der Waals surface area contributed by atoms with Crippen molar-refractivity contribution < 1.29 is 8.78 Å². The molecule has 2 aromatic rings. The molecule has 0 amide bonds. The van der Waals surface area contributed by atoms with Crippen LogP contribution in [0, 0.1) is 11.6 Å². The molecule has 1 aromatic carbocycles. The van der Waals surface area contributed by atoms with E-state index in [2.05, 4.69) is 15.3 Å². The van der Waals surface area contributed by atoms with E-state index in [-0.39, 0.29) is 4.90 Å². The Morgan fingerprint density at radius 3 is 2.83 bits per heavy atom. The molecule has 94 valence electrons. The second kappa shape index (κ2) is 5.77. The second-order valence-electron chi connectivity index (χ2n) is 3.45. The van der Waals surface area contributed by atoms with E-state index in [4.69, 9.17) is 0 Å². The largest absolute Gasteiger partial charge is 0.370 e. The zero-order valence-corrected chi connectivity index (χ0v) is 10.5. The van der Waals surface area contributed by atoms with Crippen LogP contribution in [0.1, 0.15) is 6.92 Å². The molecule has 0 atom stereocenters. The Morgan fingerprint density at radius 1 is 1.22 bits per heavy atom. The molecular weight excluding hydrogens is 256 g/mol. The maximum Gasteiger partial charge on any atom is 0.137 e. The fraction of sp³-hybridized carbons (Fsp3) is 0.167. The summed E-state index contributed by atoms with van der Waals surface area (Å²) < 4.78 is 26.5. The van der Waals surface area contributed by atoms with E-state index in [9.17, 15) is 8.78 Å². The Bertz CT molecular complexity index is 549. The average molecular weight is 267 g/mol. The summed E-state index contributed by atoms with van der Waals surface area (Å²) in [6.07, 6.45) is 1.39. The van der Waals surface area contributed by atoms with Crippen molar-refractivity contribution in [1.29, 1.82) is 0 Å². The topological polar surface area (TPSA) is 37.8 Å². The van der Waals surface area contributed by atoms with Crippen molar-refractivity contribution in [1.82, 2.24) is 9.97 Å². The third kappa shape index (κ3) is 3.16. The maximum atomic E-state index is 13.5. The minimum Gasteiger partial charge on any atom is -0.370 e. The van der Waals surface area contributed by atoms with Crippen LogP contribution in [0.2, 0.25) is 0 Å². The van der Waals surface area contributed by atoms with Gasteiger partial charge in [-0.05, 0) is 25.1 Å². The summed E-state index contributed by atoms with van der Waals surface area (Å²) in [5.74, 6) is -0.281. The SMILES string of the molecule is CCNc1cc(Sc2cc(F)ccc2F)ncn1. The van der Waals surface area contributed by atoms with Gasteiger partial charge in [0.25, 0.3) is 0 Å². The summed E-state index contributed by atoms with van der Waals surface area (Å²) in [5, 5.41) is 3.59. The van der Waals surface area contributed by atoms with Crippen molar-refractivity contribution in [3.8, 4) is 0 Å². The molecule has 2 rings (SSSR count). The second-order valence-corrected chi connectivity index (χ2v) is 4.51. The molecular formula is C12H11F2N3S. The predicted octanol–water partition coefficient (Wildman–Crippen LogP) is 3.34. The van der Waals surface area contributed by atoms with Crippen LogP contribution in [0.5, 0.6) is 0 Å². The predicted molar refractivity (Wildman–Crippen MR) is 66.7 cm³/mol. The molecule has 1 N–H and O–H groups in total. The molecule has 0 aliphatic rings. The lowest BCUT2D eigenvalue weighted by Gasteiger charge is -2.05. The van der Waals surface area contributed by atoms with Crippen LogP contribution in [0.4, 0.5) is 14.6 Å². The third-order valence-corrected chi connectivity index (χ3v) is 3.07. The van der Waals surface area contributed by atoms with Gasteiger partial charge in [0.05, 0.1) is 4.90 Å². The number of hydrogen-bond acceptors (Lipinski definition) is 4. The minimum atomic E-state index is -0.472. The highest BCUT2D eigenvalue weighted by molar-refractivity contribution is 7.99. The van der Waals surface area contributed by atoms with Gasteiger partial charge < -0.3 is 5.32 Å². The van der Waals surface area contributed by atoms with E-state index in [1.807, 2.05) is 6.92 Å². The molecule has 0 spiro atoms. The zero-order valence-electron chi connectivity index (χ0n) is 9.65. The van der Waals surface area contributed by atoms with Gasteiger partial charge in [0, 0.05) is 12.6 Å². The number of rotatable bonds is 4. The molecule has 0 fully saturated rings. The van der Waals surface area contributed by atoms with Crippen molar-refractivity contribution >= 4 is 17.6 Å². The standard InChI is InChI=1S/C12H11F2N3S/c1-2-15-11-6-12(17-7-16-11)18-10-5-8(13)3-4-9(10)14/h3-7H,2H2,1H3,(H,15,16,17). The Balaban J connectivity index is 2.22. The fourth-order valence-electron chi connectivity index (χ4n) is 1.34. The van der Waals surface area contributed by atoms with Crippen molar-refractivity contribution in [2.75, 3.05) is 11.9 Å². The summed E-state index contributed by atoms with van der Waals surface area (Å²) in [6, 6.07) is 5.03. The van der Waals surface area contributed by atoms with Crippen molar-refractivity contribution in [3.63, 3.8) is 0 Å². The average Bonchev–Trinajstić information content (AvgIpc) is 2.35. The number of halogens is 2. The van der Waals surface area contributed by atoms with E-state index in [0.717, 1.165) is 36.5 Å². The maximum absolute atomic E-state index is 13.5. The summed E-state index contributed by atoms with van der Waals surface area (Å²) >= 11 is 1.06. The van der Waals surface area contributed by atoms with Crippen molar-refractivity contribution in [3.05, 3.63) is 42.2 Å². The number of aromatic nitrogens is 2. The zero-order chi connectivity index (χ0) is 13.0. The lowest BCUT2D eigenvalue weighted by molar-refractivity contribution is 0.577. The smallest absolute Gasteiger partial charge is 0.137 e. The molecule has 1 aromatic heterocycles. The first-order chi connectivity index (χ1) is 8.69. The highest BCUT2D eigenvalue weighted by Crippen LogP contribution is 2.29. The molecule has 6 heteroatoms. The Labute approximate surface area is 108 Å². The first-order valence-corrected chi connectivity index (χ1v) is 6.19. The first-order valence-electron chi connectivity index (χ1n) is 5.38. The molecule has 0 saturated carbocycles. The van der Waals surface area contributed by atoms with Gasteiger partial charge in [-0.1, -0.05) is 11.8 Å². The van der Waals surface area contributed by atoms with E-state index in [1.54, 1.807) is 6.07 Å². The molecule has 18 heavy (non-hydrogen) atoms. The minimum absolute atomic E-state index is 0.205. The summed E-state index contributed by atoms with van der Waals surface area (Å²) in [6.45, 7) is 2.68. The van der Waals surface area contributed by atoms with E-state index < -0.39 is 11.6 Å². The van der Waals surface area contributed by atoms with Gasteiger partial charge in [0.1, 0.15) is 28.8 Å². The molecule has 0 radical (unpaired) electrons. The summed E-state index contributed by atoms with van der Waals surface area (Å²) in [7, 11) is 0. The van der Waals surface area contributed by atoms with Gasteiger partial charge >= 0.3 is 0 Å². The van der Waals surface area contributed by atoms with Gasteiger partial charge in [-0.2, -0.15) is 0 Å². The lowest BCUT2D eigenvalue weighted by atomic mass is 10.3. The molecule has 0 unspecified atom stereocenters. The van der Waals surface area contributed by atoms with Gasteiger partial charge in [0.15, 0.2) is 0 Å². The molecule has 0 bridgehead atoms. The normalized spacial score (nSPS) is 10.4. The Morgan fingerprint density at radius 2 is 2.06 bits per heavy atom. The summed E-state index contributed by atoms with van der Waals surface area (Å²) in [5.41, 5.74) is 0. The number of benzene rings is 1. The summed E-state index contributed by atoms with van der Waals surface area (Å²) in [4.78, 5) is 8.22. The fourth-order valence-corrected chi connectivity index (χ4v) is 2.17. The molecule has 0 aliphatic carbocycles. The van der Waals surface area contributed by atoms with Gasteiger partial charge in [-0.3, -0.25) is 0 Å². The van der Waals surface area contributed by atoms with Crippen LogP contribution in [-0.2, 0) is 0 Å². The molecule has 0 aliphatic heterocycles. The van der Waals surface area contributed by atoms with E-state index in [1.165, 1.54) is 6.33 Å². The first kappa shape index (κ1) is 12.8. The van der Waals surface area contributed by atoms with Crippen LogP contribution >= 0.6 is 11.8 Å². The number of nitrogens with zero attached hydrogens (tertiary/aromatic N) is 2. The Hall–Kier alpha value is -1.69. The van der Waals surface area contributed by atoms with Crippen LogP contribution in [-0.4, -0.2) is 16.5 Å². The number of hydrogen-bond donors (Lipinski definition) is 1. The quantitative estimate of drug-likeness (QED) is 0.862. The molecule has 3 nitrogen and oxygen atoms in total. The van der Waals surface area contributed by atoms with Crippen LogP contribution in [0.25, 0.3) is 0 Å². The third-order valence-electron chi connectivity index (χ3n) is 2.11. The lowest BCUT2D eigenvalue weighted by Crippen LogP contribution is -1.99. The highest BCUT2D eigenvalue weighted by atomic mass is 32.2. The molecule has 1 heterocycles. The number of anilines is 1. The monoisotopic (exact) mass is 267 g/mol. The molecule has 0 saturated heterocycles. The highest BCUT2D eigenvalue weighted by Gasteiger charge is 2.07. The van der Waals surface area contributed by atoms with Crippen LogP contribution in [0.3, 0.4) is 0 Å². The van der Waals surface area contributed by atoms with Crippen LogP contribution < -0.4 is 5.32 Å². The van der Waals surface area contributed by atoms with Gasteiger partial charge in [-0.15, -0.1) is 0 Å². The van der Waals surface area contributed by atoms with Crippen LogP contribution in [0.15, 0.2) is 40.5 Å². The van der Waals surface area contributed by atoms with Gasteiger partial charge in [-0.25, -0.2) is 18.7 Å². The Kier molecular flexibility index (Phi) is 4.09. The van der Waals surface area contributed by atoms with Crippen molar-refractivity contribution in [2.24, 2.45) is 0 Å². The van der Waals surface area contributed by atoms with E-state index >= 15 is 0 Å². The van der Waals surface area contributed by atoms with Gasteiger partial charge in [0.2, 0.25) is 0 Å².